The quantitative estimate of drug-likeness (QED) is 0.467. The van der Waals surface area contributed by atoms with Gasteiger partial charge in [-0.2, -0.15) is 0 Å². The molecule has 0 saturated carbocycles. The average molecular weight is 442 g/mol. The molecule has 1 atom stereocenters. The van der Waals surface area contributed by atoms with E-state index in [1.165, 1.54) is 6.26 Å². The van der Waals surface area contributed by atoms with Gasteiger partial charge in [0.15, 0.2) is 23.0 Å². The van der Waals surface area contributed by atoms with Crippen molar-refractivity contribution >= 4 is 17.4 Å². The largest absolute Gasteiger partial charge is 0.493 e. The number of fused-ring (bicyclic) bond motifs is 3. The van der Waals surface area contributed by atoms with E-state index in [0.717, 1.165) is 16.9 Å². The van der Waals surface area contributed by atoms with E-state index in [0.29, 0.717) is 29.2 Å². The van der Waals surface area contributed by atoms with Crippen molar-refractivity contribution in [2.75, 3.05) is 19.5 Å². The van der Waals surface area contributed by atoms with Crippen molar-refractivity contribution in [1.82, 2.24) is 4.57 Å². The van der Waals surface area contributed by atoms with Crippen LogP contribution in [0.25, 0.3) is 5.69 Å². The van der Waals surface area contributed by atoms with Crippen LogP contribution in [0.4, 0.5) is 5.69 Å². The fraction of sp³-hybridized carbons (Fsp3) is 0.154. The van der Waals surface area contributed by atoms with Crippen LogP contribution in [0.3, 0.4) is 0 Å². The molecule has 0 saturated heterocycles. The zero-order valence-electron chi connectivity index (χ0n) is 18.2. The van der Waals surface area contributed by atoms with Crippen molar-refractivity contribution in [3.63, 3.8) is 0 Å². The Morgan fingerprint density at radius 3 is 2.48 bits per heavy atom. The summed E-state index contributed by atoms with van der Waals surface area (Å²) in [4.78, 5) is 25.5. The summed E-state index contributed by atoms with van der Waals surface area (Å²) in [5.74, 6) is 0.897. The molecule has 3 heterocycles. The molecule has 0 aliphatic carbocycles. The predicted molar refractivity (Wildman–Crippen MR) is 123 cm³/mol. The van der Waals surface area contributed by atoms with E-state index >= 15 is 0 Å². The number of nitrogens with zero attached hydrogens (tertiary/aromatic N) is 1. The smallest absolute Gasteiger partial charge is 0.291 e. The molecule has 2 aromatic heterocycles. The number of hydrogen-bond donors (Lipinski definition) is 1. The van der Waals surface area contributed by atoms with Crippen molar-refractivity contribution in [3.8, 4) is 17.2 Å². The molecule has 0 unspecified atom stereocenters. The normalized spacial score (nSPS) is 14.7. The number of aromatic nitrogens is 1. The van der Waals surface area contributed by atoms with E-state index in [1.807, 2.05) is 53.2 Å². The van der Waals surface area contributed by atoms with Crippen molar-refractivity contribution < 1.29 is 23.5 Å². The lowest BCUT2D eigenvalue weighted by atomic mass is 9.90. The maximum atomic E-state index is 13.3. The molecule has 0 fully saturated rings. The number of benzene rings is 2. The number of Topliss-reactive ketones (excluding diaryl/α,β-unsaturated/α-hetero) is 1. The van der Waals surface area contributed by atoms with E-state index in [1.54, 1.807) is 32.4 Å². The van der Waals surface area contributed by atoms with Gasteiger partial charge >= 0.3 is 0 Å². The molecule has 33 heavy (non-hydrogen) atoms. The van der Waals surface area contributed by atoms with E-state index in [2.05, 4.69) is 5.32 Å². The van der Waals surface area contributed by atoms with Gasteiger partial charge in [-0.15, -0.1) is 0 Å². The molecule has 1 N–H and O–H groups in total. The van der Waals surface area contributed by atoms with E-state index in [-0.39, 0.29) is 23.4 Å². The standard InChI is InChI=1S/C26H22N2O5/c1-31-24-14-19-21(15-25(24)32-2)28-11-3-5-20(28)18(13-22(19)29)16-7-9-17(10-8-16)27-26(30)23-6-4-12-33-23/h3-12,14-15,18H,13H2,1-2H3,(H,27,30)/t18-/m1/s1. The van der Waals surface area contributed by atoms with Crippen LogP contribution in [-0.2, 0) is 0 Å². The molecule has 166 valence electrons. The summed E-state index contributed by atoms with van der Waals surface area (Å²) in [7, 11) is 3.13. The zero-order chi connectivity index (χ0) is 22.9. The number of methoxy groups -OCH3 is 2. The third-order valence-electron chi connectivity index (χ3n) is 5.90. The molecule has 0 bridgehead atoms. The van der Waals surface area contributed by atoms with Crippen molar-refractivity contribution in [2.45, 2.75) is 12.3 Å². The Labute approximate surface area is 190 Å². The predicted octanol–water partition coefficient (Wildman–Crippen LogP) is 5.06. The average Bonchev–Trinajstić information content (AvgIpc) is 3.53. The number of amides is 1. The van der Waals surface area contributed by atoms with Gasteiger partial charge in [0.05, 0.1) is 26.2 Å². The minimum absolute atomic E-state index is 0.0230. The highest BCUT2D eigenvalue weighted by molar-refractivity contribution is 6.02. The Morgan fingerprint density at radius 1 is 1.03 bits per heavy atom. The van der Waals surface area contributed by atoms with Gasteiger partial charge in [-0.3, -0.25) is 9.59 Å². The molecule has 1 amide bonds. The Kier molecular flexibility index (Phi) is 5.22. The number of hydrogen-bond acceptors (Lipinski definition) is 5. The van der Waals surface area contributed by atoms with Crippen molar-refractivity contribution in [1.29, 1.82) is 0 Å². The second-order valence-corrected chi connectivity index (χ2v) is 7.76. The molecule has 0 spiro atoms. The highest BCUT2D eigenvalue weighted by Crippen LogP contribution is 2.40. The summed E-state index contributed by atoms with van der Waals surface area (Å²) >= 11 is 0. The van der Waals surface area contributed by atoms with Gasteiger partial charge in [-0.25, -0.2) is 0 Å². The summed E-state index contributed by atoms with van der Waals surface area (Å²) in [6, 6.07) is 18.4. The Morgan fingerprint density at radius 2 is 1.79 bits per heavy atom. The first-order valence-corrected chi connectivity index (χ1v) is 10.5. The number of rotatable bonds is 5. The lowest BCUT2D eigenvalue weighted by Crippen LogP contribution is -2.11. The van der Waals surface area contributed by atoms with E-state index in [4.69, 9.17) is 13.9 Å². The molecule has 1 aliphatic heterocycles. The first-order valence-electron chi connectivity index (χ1n) is 10.5. The van der Waals surface area contributed by atoms with Gasteiger partial charge in [0.25, 0.3) is 5.91 Å². The number of ketones is 1. The third-order valence-corrected chi connectivity index (χ3v) is 5.90. The molecule has 7 heteroatoms. The Hall–Kier alpha value is -4.26. The lowest BCUT2D eigenvalue weighted by molar-refractivity contribution is 0.0976. The minimum atomic E-state index is -0.315. The van der Waals surface area contributed by atoms with Crippen LogP contribution in [-0.4, -0.2) is 30.5 Å². The lowest BCUT2D eigenvalue weighted by Gasteiger charge is -2.17. The molecule has 7 nitrogen and oxygen atoms in total. The van der Waals surface area contributed by atoms with Crippen LogP contribution in [0.15, 0.2) is 77.5 Å². The van der Waals surface area contributed by atoms with Gasteiger partial charge in [0.2, 0.25) is 0 Å². The van der Waals surface area contributed by atoms with Gasteiger partial charge in [0.1, 0.15) is 0 Å². The minimum Gasteiger partial charge on any atom is -0.493 e. The zero-order valence-corrected chi connectivity index (χ0v) is 18.2. The number of carbonyl (C=O) groups is 2. The number of furan rings is 1. The Bertz CT molecular complexity index is 1320. The fourth-order valence-electron chi connectivity index (χ4n) is 4.28. The molecule has 1 aliphatic rings. The van der Waals surface area contributed by atoms with Crippen molar-refractivity contribution in [2.24, 2.45) is 0 Å². The summed E-state index contributed by atoms with van der Waals surface area (Å²) < 4.78 is 18.0. The first kappa shape index (κ1) is 20.6. The molecule has 5 rings (SSSR count). The first-order chi connectivity index (χ1) is 16.1. The molecular formula is C26H22N2O5. The monoisotopic (exact) mass is 442 g/mol. The van der Waals surface area contributed by atoms with E-state index in [9.17, 15) is 9.59 Å². The number of anilines is 1. The van der Waals surface area contributed by atoms with Crippen LogP contribution < -0.4 is 14.8 Å². The molecule has 2 aromatic carbocycles. The van der Waals surface area contributed by atoms with Gasteiger partial charge in [-0.05, 0) is 48.0 Å². The van der Waals surface area contributed by atoms with Crippen LogP contribution in [0.5, 0.6) is 11.5 Å². The number of ether oxygens (including phenoxy) is 2. The second kappa shape index (κ2) is 8.35. The highest BCUT2D eigenvalue weighted by Gasteiger charge is 2.29. The van der Waals surface area contributed by atoms with Crippen LogP contribution in [0, 0.1) is 0 Å². The summed E-state index contributed by atoms with van der Waals surface area (Å²) in [5.41, 5.74) is 3.98. The number of nitrogens with one attached hydrogen (secondary N) is 1. The maximum absolute atomic E-state index is 13.3. The molecule has 0 radical (unpaired) electrons. The molecular weight excluding hydrogens is 420 g/mol. The van der Waals surface area contributed by atoms with Crippen LogP contribution in [0.2, 0.25) is 0 Å². The van der Waals surface area contributed by atoms with Crippen molar-refractivity contribution in [3.05, 3.63) is 95.7 Å². The van der Waals surface area contributed by atoms with Crippen LogP contribution in [0.1, 0.15) is 44.5 Å². The maximum Gasteiger partial charge on any atom is 0.291 e. The summed E-state index contributed by atoms with van der Waals surface area (Å²) in [6.45, 7) is 0. The fourth-order valence-corrected chi connectivity index (χ4v) is 4.28. The second-order valence-electron chi connectivity index (χ2n) is 7.76. The summed E-state index contributed by atoms with van der Waals surface area (Å²) in [6.07, 6.45) is 3.72. The SMILES string of the molecule is COc1cc2c(cc1OC)-n1cccc1[C@@H](c1ccc(NC(=O)c3ccco3)cc1)CC2=O. The van der Waals surface area contributed by atoms with E-state index < -0.39 is 0 Å². The topological polar surface area (TPSA) is 82.7 Å². The number of carbonyl (C=O) groups excluding carboxylic acids is 2. The molecule has 4 aromatic rings. The van der Waals surface area contributed by atoms with Gasteiger partial charge in [-0.1, -0.05) is 12.1 Å². The Balaban J connectivity index is 1.48. The van der Waals surface area contributed by atoms with Gasteiger partial charge < -0.3 is 23.8 Å². The highest BCUT2D eigenvalue weighted by atomic mass is 16.5. The summed E-state index contributed by atoms with van der Waals surface area (Å²) in [5, 5.41) is 2.82. The van der Waals surface area contributed by atoms with Crippen LogP contribution >= 0.6 is 0 Å². The van der Waals surface area contributed by atoms with Gasteiger partial charge in [0, 0.05) is 41.5 Å². The third kappa shape index (κ3) is 3.67.